The van der Waals surface area contributed by atoms with Crippen LogP contribution in [0.3, 0.4) is 0 Å². The van der Waals surface area contributed by atoms with Crippen molar-refractivity contribution < 1.29 is 64.2 Å². The van der Waals surface area contributed by atoms with E-state index in [4.69, 9.17) is 22.3 Å². The van der Waals surface area contributed by atoms with Gasteiger partial charge in [0, 0.05) is 19.4 Å². The number of hydrogen-bond donors (Lipinski definition) is 15. The van der Waals surface area contributed by atoms with Gasteiger partial charge in [-0.05, 0) is 55.2 Å². The van der Waals surface area contributed by atoms with Crippen LogP contribution in [0.2, 0.25) is 0 Å². The summed E-state index contributed by atoms with van der Waals surface area (Å²) in [6.07, 6.45) is -0.576. The van der Waals surface area contributed by atoms with Gasteiger partial charge in [0.25, 0.3) is 0 Å². The molecule has 0 aromatic heterocycles. The quantitative estimate of drug-likeness (QED) is 0.0266. The molecule has 0 unspecified atom stereocenters. The summed E-state index contributed by atoms with van der Waals surface area (Å²) in [5.41, 5.74) is 17.1. The normalized spacial score (nSPS) is 14.4. The van der Waals surface area contributed by atoms with Crippen molar-refractivity contribution in [2.24, 2.45) is 22.2 Å². The number of nitrogens with one attached hydrogen (secondary N) is 6. The molecule has 0 bridgehead atoms. The lowest BCUT2D eigenvalue weighted by Crippen LogP contribution is -2.60. The number of nitrogens with zero attached hydrogens (tertiary/aromatic N) is 1. The first-order valence-corrected chi connectivity index (χ1v) is 18.1. The van der Waals surface area contributed by atoms with Gasteiger partial charge in [-0.15, -0.1) is 0 Å². The highest BCUT2D eigenvalue weighted by Gasteiger charge is 2.33. The number of amides is 6. The number of carbonyl (C=O) groups excluding carboxylic acids is 6. The lowest BCUT2D eigenvalue weighted by molar-refractivity contribution is -0.143. The molecule has 0 saturated carbocycles. The predicted octanol–water partition coefficient (Wildman–Crippen LogP) is -5.75. The summed E-state index contributed by atoms with van der Waals surface area (Å²) in [7, 11) is 0. The van der Waals surface area contributed by atoms with Crippen LogP contribution in [0.25, 0.3) is 0 Å². The summed E-state index contributed by atoms with van der Waals surface area (Å²) < 4.78 is 0. The number of carbonyl (C=O) groups is 7. The van der Waals surface area contributed by atoms with Crippen molar-refractivity contribution >= 4 is 47.4 Å². The Kier molecular flexibility index (Phi) is 20.0. The maximum atomic E-state index is 14.0. The number of phenolic OH excluding ortho intramolecular Hbond substituents is 2. The van der Waals surface area contributed by atoms with Gasteiger partial charge >= 0.3 is 5.97 Å². The number of guanidine groups is 1. The number of aliphatic hydroxyl groups is 3. The molecule has 324 valence electrons. The second kappa shape index (κ2) is 24.3. The molecule has 59 heavy (non-hydrogen) atoms. The minimum absolute atomic E-state index is 0.00738. The van der Waals surface area contributed by atoms with E-state index in [-0.39, 0.29) is 49.7 Å². The number of aliphatic carboxylic acids is 1. The third-order valence-corrected chi connectivity index (χ3v) is 8.49. The highest BCUT2D eigenvalue weighted by atomic mass is 16.4. The average Bonchev–Trinajstić information content (AvgIpc) is 3.19. The second-order valence-corrected chi connectivity index (χ2v) is 13.2. The molecule has 0 fully saturated rings. The number of aromatic hydroxyl groups is 2. The van der Waals surface area contributed by atoms with E-state index in [0.717, 1.165) is 0 Å². The maximum Gasteiger partial charge on any atom is 0.328 e. The summed E-state index contributed by atoms with van der Waals surface area (Å²) in [5, 5.41) is 71.6. The number of carboxylic acid groups (broad SMARTS) is 1. The molecule has 7 atom stereocenters. The third kappa shape index (κ3) is 16.8. The van der Waals surface area contributed by atoms with Gasteiger partial charge < -0.3 is 79.7 Å². The van der Waals surface area contributed by atoms with Crippen molar-refractivity contribution in [3.8, 4) is 11.5 Å². The minimum Gasteiger partial charge on any atom is -0.508 e. The fourth-order valence-corrected chi connectivity index (χ4v) is 5.16. The zero-order valence-electron chi connectivity index (χ0n) is 32.0. The van der Waals surface area contributed by atoms with Crippen LogP contribution in [-0.2, 0) is 46.4 Å². The fraction of sp³-hybridized carbons (Fsp3) is 0.444. The van der Waals surface area contributed by atoms with E-state index < -0.39 is 104 Å². The fourth-order valence-electron chi connectivity index (χ4n) is 5.16. The van der Waals surface area contributed by atoms with Crippen molar-refractivity contribution in [1.29, 1.82) is 0 Å². The van der Waals surface area contributed by atoms with Gasteiger partial charge in [0.1, 0.15) is 53.8 Å². The van der Waals surface area contributed by atoms with Crippen molar-refractivity contribution in [1.82, 2.24) is 31.9 Å². The number of nitrogens with two attached hydrogens (primary N) is 3. The van der Waals surface area contributed by atoms with Gasteiger partial charge in [0.2, 0.25) is 35.4 Å². The summed E-state index contributed by atoms with van der Waals surface area (Å²) in [4.78, 5) is 95.0. The van der Waals surface area contributed by atoms with E-state index in [1.807, 2.05) is 0 Å². The molecule has 23 nitrogen and oxygen atoms in total. The molecule has 0 spiro atoms. The number of carboxylic acids is 1. The highest BCUT2D eigenvalue weighted by molar-refractivity contribution is 5.97. The smallest absolute Gasteiger partial charge is 0.328 e. The minimum atomic E-state index is -1.74. The average molecular weight is 833 g/mol. The van der Waals surface area contributed by atoms with Gasteiger partial charge in [-0.3, -0.25) is 33.8 Å². The van der Waals surface area contributed by atoms with E-state index in [2.05, 4.69) is 36.9 Å². The van der Waals surface area contributed by atoms with E-state index in [1.165, 1.54) is 55.5 Å². The lowest BCUT2D eigenvalue weighted by Gasteiger charge is -2.27. The first-order chi connectivity index (χ1) is 27.9. The van der Waals surface area contributed by atoms with Crippen LogP contribution in [-0.4, -0.2) is 147 Å². The topological polar surface area (TPSA) is 403 Å². The zero-order valence-corrected chi connectivity index (χ0v) is 32.0. The molecular formula is C36H52N10O13. The SMILES string of the molecule is C[C@H](NC(=O)[C@@H](N)CO)C(=O)N[C@@H](CO)C(=O)N[C@@H](Cc1ccc(O)cc1)C(=O)N[C@@H](CCCN=C(N)N)C(=O)N[C@@H](Cc1ccc(O)cc1)C(=O)N[C@@H](CO)C(=O)O. The lowest BCUT2D eigenvalue weighted by atomic mass is 10.0. The Labute approximate surface area is 337 Å². The van der Waals surface area contributed by atoms with Crippen molar-refractivity contribution in [3.05, 3.63) is 59.7 Å². The van der Waals surface area contributed by atoms with E-state index in [9.17, 15) is 59.1 Å². The Morgan fingerprint density at radius 1 is 0.576 bits per heavy atom. The second-order valence-electron chi connectivity index (χ2n) is 13.2. The van der Waals surface area contributed by atoms with Crippen LogP contribution >= 0.6 is 0 Å². The molecule has 2 aromatic carbocycles. The molecule has 0 aliphatic heterocycles. The molecule has 2 rings (SSSR count). The molecule has 0 saturated heterocycles. The molecule has 18 N–H and O–H groups in total. The Bertz CT molecular complexity index is 1780. The van der Waals surface area contributed by atoms with Crippen molar-refractivity contribution in [3.63, 3.8) is 0 Å². The van der Waals surface area contributed by atoms with Crippen LogP contribution in [0.15, 0.2) is 53.5 Å². The van der Waals surface area contributed by atoms with Gasteiger partial charge in [0.15, 0.2) is 5.96 Å². The highest BCUT2D eigenvalue weighted by Crippen LogP contribution is 2.14. The summed E-state index contributed by atoms with van der Waals surface area (Å²) in [5.74, 6) is -7.85. The van der Waals surface area contributed by atoms with Gasteiger partial charge in [-0.25, -0.2) is 4.79 Å². The Balaban J connectivity index is 2.44. The summed E-state index contributed by atoms with van der Waals surface area (Å²) >= 11 is 0. The largest absolute Gasteiger partial charge is 0.508 e. The number of aliphatic imine (C=N–C) groups is 1. The molecule has 23 heteroatoms. The van der Waals surface area contributed by atoms with Crippen LogP contribution in [0.4, 0.5) is 0 Å². The van der Waals surface area contributed by atoms with Crippen LogP contribution < -0.4 is 49.1 Å². The van der Waals surface area contributed by atoms with Gasteiger partial charge in [-0.2, -0.15) is 0 Å². The van der Waals surface area contributed by atoms with Crippen molar-refractivity contribution in [2.45, 2.75) is 74.9 Å². The molecular weight excluding hydrogens is 780 g/mol. The van der Waals surface area contributed by atoms with Crippen LogP contribution in [0.5, 0.6) is 11.5 Å². The molecule has 0 aliphatic carbocycles. The number of rotatable bonds is 24. The third-order valence-electron chi connectivity index (χ3n) is 8.49. The van der Waals surface area contributed by atoms with Crippen molar-refractivity contribution in [2.75, 3.05) is 26.4 Å². The van der Waals surface area contributed by atoms with E-state index >= 15 is 0 Å². The number of phenols is 2. The number of aliphatic hydroxyl groups excluding tert-OH is 3. The number of hydrogen-bond acceptors (Lipinski definition) is 14. The first-order valence-electron chi connectivity index (χ1n) is 18.1. The van der Waals surface area contributed by atoms with Gasteiger partial charge in [-0.1, -0.05) is 24.3 Å². The number of benzene rings is 2. The Morgan fingerprint density at radius 3 is 1.41 bits per heavy atom. The first kappa shape index (κ1) is 48.6. The van der Waals surface area contributed by atoms with E-state index in [0.29, 0.717) is 11.1 Å². The standard InChI is InChI=1S/C36H52N10O13/c1-18(41-30(53)23(37)15-47)29(52)45-27(16-48)34(57)44-25(13-19-4-8-21(50)9-5-19)32(55)42-24(3-2-12-40-36(38)39)31(54)43-26(14-20-6-10-22(51)11-7-20)33(56)46-28(17-49)35(58)59/h4-11,18,23-28,47-51H,2-3,12-17,37H2,1H3,(H,41,53)(H,42,55)(H,43,54)(H,44,57)(H,45,52)(H,46,56)(H,58,59)(H4,38,39,40)/t18-,23-,24-,25-,26-,27-,28-/m0/s1. The Hall–Kier alpha value is -6.56. The van der Waals surface area contributed by atoms with Crippen LogP contribution in [0.1, 0.15) is 30.9 Å². The van der Waals surface area contributed by atoms with Crippen LogP contribution in [0, 0.1) is 0 Å². The molecule has 0 heterocycles. The monoisotopic (exact) mass is 832 g/mol. The van der Waals surface area contributed by atoms with Gasteiger partial charge in [0.05, 0.1) is 19.8 Å². The summed E-state index contributed by atoms with van der Waals surface area (Å²) in [6.45, 7) is -1.42. The zero-order chi connectivity index (χ0) is 44.2. The molecule has 0 aliphatic rings. The molecule has 0 radical (unpaired) electrons. The summed E-state index contributed by atoms with van der Waals surface area (Å²) in [6, 6.07) is 0.507. The molecule has 6 amide bonds. The Morgan fingerprint density at radius 2 is 0.983 bits per heavy atom. The maximum absolute atomic E-state index is 14.0. The predicted molar refractivity (Wildman–Crippen MR) is 208 cm³/mol. The molecule has 2 aromatic rings. The van der Waals surface area contributed by atoms with E-state index in [1.54, 1.807) is 0 Å².